The molecule has 144 valence electrons. The van der Waals surface area contributed by atoms with Gasteiger partial charge < -0.3 is 15.2 Å². The van der Waals surface area contributed by atoms with E-state index < -0.39 is 16.0 Å². The maximum absolute atomic E-state index is 13.2. The van der Waals surface area contributed by atoms with E-state index in [2.05, 4.69) is 12.1 Å². The van der Waals surface area contributed by atoms with Crippen molar-refractivity contribution >= 4 is 10.2 Å². The number of nitrogens with zero attached hydrogens (tertiary/aromatic N) is 2. The lowest BCUT2D eigenvalue weighted by molar-refractivity contribution is -0.179. The summed E-state index contributed by atoms with van der Waals surface area (Å²) >= 11 is 0. The van der Waals surface area contributed by atoms with Gasteiger partial charge in [-0.2, -0.15) is 17.0 Å². The van der Waals surface area contributed by atoms with Crippen molar-refractivity contribution < 1.29 is 17.9 Å². The van der Waals surface area contributed by atoms with Gasteiger partial charge in [-0.3, -0.25) is 0 Å². The van der Waals surface area contributed by atoms with Crippen molar-refractivity contribution in [2.24, 2.45) is 11.7 Å². The van der Waals surface area contributed by atoms with E-state index >= 15 is 0 Å². The van der Waals surface area contributed by atoms with Crippen LogP contribution in [0.25, 0.3) is 0 Å². The Kier molecular flexibility index (Phi) is 5.06. The maximum atomic E-state index is 13.2. The van der Waals surface area contributed by atoms with Gasteiger partial charge in [0.25, 0.3) is 10.2 Å². The Morgan fingerprint density at radius 1 is 1.04 bits per heavy atom. The molecule has 0 amide bonds. The van der Waals surface area contributed by atoms with Gasteiger partial charge >= 0.3 is 0 Å². The molecule has 3 saturated heterocycles. The highest BCUT2D eigenvalue weighted by Crippen LogP contribution is 2.37. The van der Waals surface area contributed by atoms with Gasteiger partial charge in [0.1, 0.15) is 0 Å². The van der Waals surface area contributed by atoms with Crippen molar-refractivity contribution in [3.63, 3.8) is 0 Å². The molecular weight excluding hydrogens is 354 g/mol. The van der Waals surface area contributed by atoms with Gasteiger partial charge in [0, 0.05) is 44.9 Å². The zero-order valence-corrected chi connectivity index (χ0v) is 15.7. The van der Waals surface area contributed by atoms with Gasteiger partial charge in [-0.1, -0.05) is 30.3 Å². The molecule has 3 aliphatic heterocycles. The summed E-state index contributed by atoms with van der Waals surface area (Å²) in [5.41, 5.74) is 7.11. The molecule has 0 saturated carbocycles. The van der Waals surface area contributed by atoms with Crippen molar-refractivity contribution in [1.29, 1.82) is 0 Å². The predicted octanol–water partition coefficient (Wildman–Crippen LogP) is 0.744. The molecule has 1 aromatic carbocycles. The molecule has 8 heteroatoms. The van der Waals surface area contributed by atoms with E-state index in [-0.39, 0.29) is 11.8 Å². The lowest BCUT2D eigenvalue weighted by Crippen LogP contribution is -2.51. The Hall–Kier alpha value is -1.03. The maximum Gasteiger partial charge on any atom is 0.282 e. The van der Waals surface area contributed by atoms with Crippen LogP contribution in [0.3, 0.4) is 0 Å². The summed E-state index contributed by atoms with van der Waals surface area (Å²) in [6.45, 7) is 3.50. The highest BCUT2D eigenvalue weighted by atomic mass is 32.2. The van der Waals surface area contributed by atoms with Crippen LogP contribution >= 0.6 is 0 Å². The number of piperidine rings is 1. The molecule has 3 aliphatic rings. The van der Waals surface area contributed by atoms with Crippen LogP contribution in [0.5, 0.6) is 0 Å². The molecule has 0 aromatic heterocycles. The normalized spacial score (nSPS) is 30.2. The summed E-state index contributed by atoms with van der Waals surface area (Å²) in [6.07, 6.45) is 1.17. The number of ether oxygens (including phenoxy) is 2. The van der Waals surface area contributed by atoms with Gasteiger partial charge in [0.2, 0.25) is 0 Å². The first-order valence-electron chi connectivity index (χ1n) is 9.32. The van der Waals surface area contributed by atoms with Crippen LogP contribution in [-0.2, 0) is 19.7 Å². The minimum Gasteiger partial charge on any atom is -0.347 e. The highest BCUT2D eigenvalue weighted by Gasteiger charge is 2.46. The number of hydrogen-bond acceptors (Lipinski definition) is 5. The summed E-state index contributed by atoms with van der Waals surface area (Å²) < 4.78 is 40.9. The Morgan fingerprint density at radius 3 is 2.31 bits per heavy atom. The zero-order chi connectivity index (χ0) is 18.2. The molecule has 7 nitrogen and oxygen atoms in total. The van der Waals surface area contributed by atoms with Crippen molar-refractivity contribution in [2.45, 2.75) is 24.5 Å². The van der Waals surface area contributed by atoms with Crippen molar-refractivity contribution in [3.8, 4) is 0 Å². The third-order valence-electron chi connectivity index (χ3n) is 5.89. The minimum atomic E-state index is -3.49. The molecule has 1 spiro atoms. The van der Waals surface area contributed by atoms with Crippen molar-refractivity contribution in [1.82, 2.24) is 8.61 Å². The van der Waals surface area contributed by atoms with Crippen molar-refractivity contribution in [3.05, 3.63) is 35.9 Å². The van der Waals surface area contributed by atoms with E-state index in [1.807, 2.05) is 18.2 Å². The Labute approximate surface area is 155 Å². The Bertz CT molecular complexity index is 711. The van der Waals surface area contributed by atoms with Crippen LogP contribution in [0.1, 0.15) is 24.3 Å². The van der Waals surface area contributed by atoms with Crippen LogP contribution in [0, 0.1) is 5.92 Å². The number of hydrogen-bond donors (Lipinski definition) is 1. The average Bonchev–Trinajstić information content (AvgIpc) is 3.30. The van der Waals surface area contributed by atoms with Gasteiger partial charge in [0.15, 0.2) is 5.79 Å². The fraction of sp³-hybridized carbons (Fsp3) is 0.667. The second kappa shape index (κ2) is 7.18. The van der Waals surface area contributed by atoms with Crippen LogP contribution in [0.15, 0.2) is 30.3 Å². The summed E-state index contributed by atoms with van der Waals surface area (Å²) in [5.74, 6) is -0.276. The van der Waals surface area contributed by atoms with E-state index in [9.17, 15) is 8.42 Å². The van der Waals surface area contributed by atoms with Gasteiger partial charge in [0.05, 0.1) is 13.2 Å². The second-order valence-electron chi connectivity index (χ2n) is 7.34. The molecular formula is C18H27N3O4S. The first kappa shape index (κ1) is 18.3. The first-order chi connectivity index (χ1) is 12.5. The van der Waals surface area contributed by atoms with E-state index in [0.29, 0.717) is 58.8 Å². The molecule has 3 fully saturated rings. The third kappa shape index (κ3) is 3.30. The SMILES string of the molecule is NC[C@@H]1CN(S(=O)(=O)N2CCC3(CC2)OCCO3)C[C@H]1c1ccccc1. The van der Waals surface area contributed by atoms with Crippen LogP contribution in [0.4, 0.5) is 0 Å². The summed E-state index contributed by atoms with van der Waals surface area (Å²) in [6, 6.07) is 10.1. The van der Waals surface area contributed by atoms with Crippen molar-refractivity contribution in [2.75, 3.05) is 45.9 Å². The molecule has 3 heterocycles. The fourth-order valence-corrected chi connectivity index (χ4v) is 6.04. The standard InChI is InChI=1S/C18H27N3O4S/c19-12-16-13-21(14-17(16)15-4-2-1-3-5-15)26(22,23)20-8-6-18(7-9-20)24-10-11-25-18/h1-5,16-17H,6-14,19H2/t16-,17+/m1/s1. The fourth-order valence-electron chi connectivity index (χ4n) is 4.34. The highest BCUT2D eigenvalue weighted by molar-refractivity contribution is 7.86. The minimum absolute atomic E-state index is 0.143. The summed E-state index contributed by atoms with van der Waals surface area (Å²) in [4.78, 5) is 0. The molecule has 2 N–H and O–H groups in total. The van der Waals surface area contributed by atoms with Crippen LogP contribution in [0.2, 0.25) is 0 Å². The van der Waals surface area contributed by atoms with E-state index in [0.717, 1.165) is 5.56 Å². The first-order valence-corrected chi connectivity index (χ1v) is 10.7. The number of benzene rings is 1. The van der Waals surface area contributed by atoms with Gasteiger partial charge in [-0.15, -0.1) is 0 Å². The predicted molar refractivity (Wildman–Crippen MR) is 97.7 cm³/mol. The lowest BCUT2D eigenvalue weighted by Gasteiger charge is -2.38. The third-order valence-corrected chi connectivity index (χ3v) is 7.86. The molecule has 0 unspecified atom stereocenters. The van der Waals surface area contributed by atoms with E-state index in [1.54, 1.807) is 8.61 Å². The monoisotopic (exact) mass is 381 g/mol. The Balaban J connectivity index is 1.46. The zero-order valence-electron chi connectivity index (χ0n) is 14.9. The molecule has 1 aromatic rings. The second-order valence-corrected chi connectivity index (χ2v) is 9.27. The topological polar surface area (TPSA) is 85.1 Å². The summed E-state index contributed by atoms with van der Waals surface area (Å²) in [5, 5.41) is 0. The lowest BCUT2D eigenvalue weighted by atomic mass is 9.89. The molecule has 26 heavy (non-hydrogen) atoms. The summed E-state index contributed by atoms with van der Waals surface area (Å²) in [7, 11) is -3.49. The largest absolute Gasteiger partial charge is 0.347 e. The molecule has 0 radical (unpaired) electrons. The van der Waals surface area contributed by atoms with Crippen LogP contribution < -0.4 is 5.73 Å². The number of nitrogens with two attached hydrogens (primary N) is 1. The molecule has 2 atom stereocenters. The van der Waals surface area contributed by atoms with E-state index in [1.165, 1.54) is 0 Å². The van der Waals surface area contributed by atoms with E-state index in [4.69, 9.17) is 15.2 Å². The van der Waals surface area contributed by atoms with Crippen LogP contribution in [-0.4, -0.2) is 68.8 Å². The van der Waals surface area contributed by atoms with Gasteiger partial charge in [-0.25, -0.2) is 0 Å². The number of rotatable bonds is 4. The quantitative estimate of drug-likeness (QED) is 0.832. The smallest absolute Gasteiger partial charge is 0.282 e. The Morgan fingerprint density at radius 2 is 1.69 bits per heavy atom. The molecule has 0 aliphatic carbocycles. The van der Waals surface area contributed by atoms with Gasteiger partial charge in [-0.05, 0) is 18.0 Å². The average molecular weight is 381 g/mol. The molecule has 0 bridgehead atoms. The molecule has 4 rings (SSSR count).